The summed E-state index contributed by atoms with van der Waals surface area (Å²) in [5, 5.41) is 0. The van der Waals surface area contributed by atoms with Gasteiger partial charge in [-0.3, -0.25) is 24.0 Å². The minimum atomic E-state index is -1.58. The van der Waals surface area contributed by atoms with E-state index in [-0.39, 0.29) is 35.5 Å². The molecule has 1 saturated heterocycles. The molecule has 1 spiro atoms. The second-order valence-electron chi connectivity index (χ2n) is 12.0. The molecule has 4 aliphatic carbocycles. The lowest BCUT2D eigenvalue weighted by Gasteiger charge is -2.70. The topological polar surface area (TPSA) is 132 Å². The average molecular weight is 533 g/mol. The third-order valence-corrected chi connectivity index (χ3v) is 9.95. The van der Waals surface area contributed by atoms with Gasteiger partial charge in [0.15, 0.2) is 5.78 Å². The molecule has 0 amide bonds. The van der Waals surface area contributed by atoms with Crippen molar-refractivity contribution in [1.82, 2.24) is 0 Å². The summed E-state index contributed by atoms with van der Waals surface area (Å²) >= 11 is 0. The first-order valence-electron chi connectivity index (χ1n) is 13.3. The van der Waals surface area contributed by atoms with E-state index in [9.17, 15) is 24.0 Å². The Bertz CT molecular complexity index is 1110. The molecule has 0 aromatic rings. The van der Waals surface area contributed by atoms with E-state index in [1.165, 1.54) is 27.7 Å². The van der Waals surface area contributed by atoms with E-state index in [1.54, 1.807) is 0 Å². The number of fused-ring (bicyclic) bond motifs is 1. The van der Waals surface area contributed by atoms with Crippen molar-refractivity contribution < 1.29 is 47.7 Å². The zero-order chi connectivity index (χ0) is 27.8. The lowest BCUT2D eigenvalue weighted by molar-refractivity contribution is -0.358. The van der Waals surface area contributed by atoms with Crippen LogP contribution in [0.2, 0.25) is 0 Å². The number of Topliss-reactive ketones (excluding diaryl/α,β-unsaturated/α-hetero) is 1. The molecule has 0 N–H and O–H groups in total. The molecular formula is C28H36O10. The molecule has 1 aliphatic heterocycles. The summed E-state index contributed by atoms with van der Waals surface area (Å²) in [6.45, 7) is 11.6. The fourth-order valence-corrected chi connectivity index (χ4v) is 9.12. The van der Waals surface area contributed by atoms with E-state index in [1.807, 2.05) is 0 Å². The molecule has 208 valence electrons. The van der Waals surface area contributed by atoms with Crippen molar-refractivity contribution in [1.29, 1.82) is 0 Å². The molecule has 5 fully saturated rings. The zero-order valence-corrected chi connectivity index (χ0v) is 22.6. The van der Waals surface area contributed by atoms with E-state index in [0.717, 1.165) is 12.8 Å². The SMILES string of the molecule is C=C1C(=O)C23[C@H](OC(C)=O)[C@H]1C[C@H](OC(C)=O)[C@H]2[C@@]12CCC[C@@](C)(CO[C@H]1OC(C)=O)[C@H]2C[C@H]3OC(C)=O. The predicted molar refractivity (Wildman–Crippen MR) is 129 cm³/mol. The summed E-state index contributed by atoms with van der Waals surface area (Å²) in [6, 6.07) is 0. The fourth-order valence-electron chi connectivity index (χ4n) is 9.12. The van der Waals surface area contributed by atoms with E-state index < -0.39 is 71.1 Å². The third-order valence-electron chi connectivity index (χ3n) is 9.95. The van der Waals surface area contributed by atoms with Gasteiger partial charge in [-0.05, 0) is 42.6 Å². The second kappa shape index (κ2) is 8.89. The van der Waals surface area contributed by atoms with Crippen molar-refractivity contribution in [2.45, 2.75) is 91.3 Å². The summed E-state index contributed by atoms with van der Waals surface area (Å²) in [6.07, 6.45) is -1.18. The molecule has 1 unspecified atom stereocenters. The first kappa shape index (κ1) is 26.8. The van der Waals surface area contributed by atoms with E-state index in [2.05, 4.69) is 13.5 Å². The molecule has 10 atom stereocenters. The Balaban J connectivity index is 1.82. The third kappa shape index (κ3) is 3.51. The van der Waals surface area contributed by atoms with Gasteiger partial charge < -0.3 is 23.7 Å². The molecule has 4 bridgehead atoms. The minimum Gasteiger partial charge on any atom is -0.462 e. The Labute approximate surface area is 221 Å². The van der Waals surface area contributed by atoms with Gasteiger partial charge in [0, 0.05) is 44.9 Å². The number of ether oxygens (including phenoxy) is 5. The number of rotatable bonds is 4. The van der Waals surface area contributed by atoms with Gasteiger partial charge in [-0.25, -0.2) is 0 Å². The second-order valence-corrected chi connectivity index (χ2v) is 12.0. The quantitative estimate of drug-likeness (QED) is 0.302. The molecule has 0 aromatic heterocycles. The number of hydrogen-bond donors (Lipinski definition) is 0. The lowest BCUT2D eigenvalue weighted by Crippen LogP contribution is -2.76. The summed E-state index contributed by atoms with van der Waals surface area (Å²) in [5.74, 6) is -4.24. The van der Waals surface area contributed by atoms with Crippen LogP contribution in [0, 0.1) is 34.0 Å². The smallest absolute Gasteiger partial charge is 0.304 e. The molecule has 10 nitrogen and oxygen atoms in total. The van der Waals surface area contributed by atoms with Crippen LogP contribution in [-0.2, 0) is 47.7 Å². The van der Waals surface area contributed by atoms with Crippen LogP contribution in [0.5, 0.6) is 0 Å². The van der Waals surface area contributed by atoms with Crippen molar-refractivity contribution in [3.8, 4) is 0 Å². The number of ketones is 1. The Morgan fingerprint density at radius 1 is 0.895 bits per heavy atom. The van der Waals surface area contributed by atoms with Crippen LogP contribution in [0.4, 0.5) is 0 Å². The van der Waals surface area contributed by atoms with Crippen molar-refractivity contribution in [2.24, 2.45) is 34.0 Å². The van der Waals surface area contributed by atoms with E-state index >= 15 is 0 Å². The molecule has 5 aliphatic rings. The molecule has 10 heteroatoms. The maximum atomic E-state index is 14.4. The predicted octanol–water partition coefficient (Wildman–Crippen LogP) is 2.66. The van der Waals surface area contributed by atoms with E-state index in [0.29, 0.717) is 13.0 Å². The first-order valence-corrected chi connectivity index (χ1v) is 13.3. The van der Waals surface area contributed by atoms with Gasteiger partial charge in [-0.15, -0.1) is 0 Å². The summed E-state index contributed by atoms with van der Waals surface area (Å²) in [7, 11) is 0. The Hall–Kier alpha value is -2.75. The van der Waals surface area contributed by atoms with Gasteiger partial charge in [0.2, 0.25) is 6.29 Å². The number of hydrogen-bond acceptors (Lipinski definition) is 10. The Morgan fingerprint density at radius 3 is 2.13 bits per heavy atom. The van der Waals surface area contributed by atoms with Gasteiger partial charge in [0.05, 0.1) is 6.61 Å². The van der Waals surface area contributed by atoms with Crippen LogP contribution in [-0.4, -0.2) is 60.9 Å². The van der Waals surface area contributed by atoms with Gasteiger partial charge >= 0.3 is 23.9 Å². The lowest BCUT2D eigenvalue weighted by atomic mass is 9.37. The minimum absolute atomic E-state index is 0.194. The average Bonchev–Trinajstić information content (AvgIpc) is 2.91. The zero-order valence-electron chi connectivity index (χ0n) is 22.6. The highest BCUT2D eigenvalue weighted by molar-refractivity contribution is 6.05. The molecule has 0 aromatic carbocycles. The number of carbonyl (C=O) groups is 5. The molecule has 1 heterocycles. The molecule has 0 radical (unpaired) electrons. The maximum Gasteiger partial charge on any atom is 0.304 e. The highest BCUT2D eigenvalue weighted by Gasteiger charge is 2.82. The van der Waals surface area contributed by atoms with Crippen LogP contribution >= 0.6 is 0 Å². The van der Waals surface area contributed by atoms with Crippen molar-refractivity contribution in [2.75, 3.05) is 6.61 Å². The molecule has 38 heavy (non-hydrogen) atoms. The molecular weight excluding hydrogens is 496 g/mol. The highest BCUT2D eigenvalue weighted by Crippen LogP contribution is 2.75. The Morgan fingerprint density at radius 2 is 1.53 bits per heavy atom. The first-order chi connectivity index (χ1) is 17.8. The van der Waals surface area contributed by atoms with Crippen molar-refractivity contribution >= 4 is 29.7 Å². The summed E-state index contributed by atoms with van der Waals surface area (Å²) in [4.78, 5) is 64.1. The summed E-state index contributed by atoms with van der Waals surface area (Å²) in [5.41, 5.74) is -2.66. The number of esters is 4. The van der Waals surface area contributed by atoms with Gasteiger partial charge in [-0.2, -0.15) is 0 Å². The highest BCUT2D eigenvalue weighted by atomic mass is 16.7. The largest absolute Gasteiger partial charge is 0.462 e. The normalized spacial score (nSPS) is 44.8. The standard InChI is InChI=1S/C28H36O10/c1-13-18-10-19(35-14(2)29)22-27-9-7-8-26(6,12-34-25(27)38-17(5)32)20(27)11-21(36-15(3)30)28(22,23(13)33)24(18)37-16(4)31/h18-22,24-25H,1,7-12H2,2-6H3/t18-,19-,20+,21+,22-,24+,25-,26-,27-,28?/m0/s1. The van der Waals surface area contributed by atoms with Crippen LogP contribution in [0.25, 0.3) is 0 Å². The maximum absolute atomic E-state index is 14.4. The monoisotopic (exact) mass is 532 g/mol. The van der Waals surface area contributed by atoms with Crippen LogP contribution in [0.3, 0.4) is 0 Å². The fraction of sp³-hybridized carbons (Fsp3) is 0.750. The van der Waals surface area contributed by atoms with Crippen LogP contribution in [0.1, 0.15) is 66.7 Å². The summed E-state index contributed by atoms with van der Waals surface area (Å²) < 4.78 is 29.9. The molecule has 5 rings (SSSR count). The van der Waals surface area contributed by atoms with Crippen LogP contribution < -0.4 is 0 Å². The van der Waals surface area contributed by atoms with Gasteiger partial charge in [0.1, 0.15) is 23.7 Å². The molecule has 4 saturated carbocycles. The van der Waals surface area contributed by atoms with Crippen LogP contribution in [0.15, 0.2) is 12.2 Å². The number of carbonyl (C=O) groups excluding carboxylic acids is 5. The van der Waals surface area contributed by atoms with Crippen molar-refractivity contribution in [3.63, 3.8) is 0 Å². The van der Waals surface area contributed by atoms with Gasteiger partial charge in [0.25, 0.3) is 0 Å². The van der Waals surface area contributed by atoms with Gasteiger partial charge in [-0.1, -0.05) is 19.9 Å². The van der Waals surface area contributed by atoms with Crippen molar-refractivity contribution in [3.05, 3.63) is 12.2 Å². The van der Waals surface area contributed by atoms with E-state index in [4.69, 9.17) is 23.7 Å². The Kier molecular flexibility index (Phi) is 6.28.